The molecule has 0 aliphatic carbocycles. The topological polar surface area (TPSA) is 75.4 Å². The van der Waals surface area contributed by atoms with Crippen molar-refractivity contribution >= 4 is 15.7 Å². The van der Waals surface area contributed by atoms with Crippen LogP contribution in [0.3, 0.4) is 0 Å². The molecule has 5 nitrogen and oxygen atoms in total. The number of nitrogens with zero attached hydrogens (tertiary/aromatic N) is 1. The van der Waals surface area contributed by atoms with E-state index in [1.165, 1.54) is 5.01 Å². The Morgan fingerprint density at radius 1 is 1.19 bits per heavy atom. The van der Waals surface area contributed by atoms with E-state index in [1.807, 2.05) is 13.8 Å². The van der Waals surface area contributed by atoms with Gasteiger partial charge in [0.15, 0.2) is 4.90 Å². The summed E-state index contributed by atoms with van der Waals surface area (Å²) < 4.78 is 52.1. The Balaban J connectivity index is 2.35. The first-order chi connectivity index (χ1) is 9.72. The second-order valence-corrected chi connectivity index (χ2v) is 7.04. The molecule has 0 bridgehead atoms. The number of hydrogen-bond acceptors (Lipinski definition) is 4. The van der Waals surface area contributed by atoms with Crippen LogP contribution < -0.4 is 10.6 Å². The molecule has 3 N–H and O–H groups in total. The number of hydrogen-bond donors (Lipinski definition) is 2. The van der Waals surface area contributed by atoms with E-state index in [2.05, 4.69) is 4.83 Å². The summed E-state index contributed by atoms with van der Waals surface area (Å²) in [6.45, 7) is 3.74. The van der Waals surface area contributed by atoms with Gasteiger partial charge < -0.3 is 5.73 Å². The molecule has 1 aromatic rings. The van der Waals surface area contributed by atoms with Gasteiger partial charge in [-0.25, -0.2) is 22.2 Å². The highest BCUT2D eigenvalue weighted by Gasteiger charge is 2.32. The molecule has 0 saturated carbocycles. The maximum absolute atomic E-state index is 13.8. The highest BCUT2D eigenvalue weighted by molar-refractivity contribution is 7.89. The summed E-state index contributed by atoms with van der Waals surface area (Å²) >= 11 is 0. The van der Waals surface area contributed by atoms with Gasteiger partial charge in [-0.1, -0.05) is 6.42 Å². The van der Waals surface area contributed by atoms with Crippen molar-refractivity contribution < 1.29 is 17.2 Å². The molecule has 8 heteroatoms. The molecule has 0 spiro atoms. The number of nitrogen functional groups attached to an aromatic ring is 1. The molecule has 2 rings (SSSR count). The average molecular weight is 319 g/mol. The van der Waals surface area contributed by atoms with Crippen LogP contribution in [0.5, 0.6) is 0 Å². The predicted octanol–water partition coefficient (Wildman–Crippen LogP) is 2.00. The number of benzene rings is 1. The van der Waals surface area contributed by atoms with Gasteiger partial charge in [0.1, 0.15) is 11.6 Å². The van der Waals surface area contributed by atoms with Crippen molar-refractivity contribution in [3.05, 3.63) is 23.8 Å². The van der Waals surface area contributed by atoms with Gasteiger partial charge in [0.2, 0.25) is 0 Å². The minimum atomic E-state index is -4.33. The van der Waals surface area contributed by atoms with E-state index in [-0.39, 0.29) is 17.8 Å². The van der Waals surface area contributed by atoms with E-state index in [4.69, 9.17) is 5.73 Å². The van der Waals surface area contributed by atoms with Crippen LogP contribution >= 0.6 is 0 Å². The Kier molecular flexibility index (Phi) is 4.50. The van der Waals surface area contributed by atoms with Crippen LogP contribution in [0.2, 0.25) is 0 Å². The van der Waals surface area contributed by atoms with Crippen LogP contribution in [-0.2, 0) is 10.0 Å². The van der Waals surface area contributed by atoms with Crippen molar-refractivity contribution in [3.8, 4) is 0 Å². The molecule has 1 aliphatic heterocycles. The number of halogens is 2. The predicted molar refractivity (Wildman–Crippen MR) is 75.7 cm³/mol. The molecular weight excluding hydrogens is 300 g/mol. The highest BCUT2D eigenvalue weighted by Crippen LogP contribution is 2.25. The van der Waals surface area contributed by atoms with Gasteiger partial charge in [-0.2, -0.15) is 0 Å². The van der Waals surface area contributed by atoms with Crippen molar-refractivity contribution in [1.82, 2.24) is 9.84 Å². The average Bonchev–Trinajstić information content (AvgIpc) is 2.32. The third kappa shape index (κ3) is 3.33. The Bertz CT molecular complexity index is 603. The van der Waals surface area contributed by atoms with Crippen molar-refractivity contribution in [3.63, 3.8) is 0 Å². The molecule has 1 aromatic carbocycles. The van der Waals surface area contributed by atoms with E-state index in [0.29, 0.717) is 0 Å². The summed E-state index contributed by atoms with van der Waals surface area (Å²) in [6.07, 6.45) is 2.63. The van der Waals surface area contributed by atoms with Gasteiger partial charge in [0, 0.05) is 17.8 Å². The summed E-state index contributed by atoms with van der Waals surface area (Å²) in [7, 11) is -4.33. The number of hydrazine groups is 1. The zero-order valence-corrected chi connectivity index (χ0v) is 12.8. The number of sulfonamides is 1. The van der Waals surface area contributed by atoms with E-state index in [1.54, 1.807) is 0 Å². The molecule has 1 fully saturated rings. The maximum atomic E-state index is 13.8. The zero-order chi connectivity index (χ0) is 15.8. The minimum Gasteiger partial charge on any atom is -0.399 e. The quantitative estimate of drug-likeness (QED) is 0.836. The largest absolute Gasteiger partial charge is 0.399 e. The number of nitrogens with two attached hydrogens (primary N) is 1. The molecule has 2 atom stereocenters. The molecule has 2 unspecified atom stereocenters. The Morgan fingerprint density at radius 3 is 2.14 bits per heavy atom. The lowest BCUT2D eigenvalue weighted by Crippen LogP contribution is -2.54. The number of nitrogens with one attached hydrogen (secondary N) is 1. The van der Waals surface area contributed by atoms with Crippen LogP contribution in [0.1, 0.15) is 33.1 Å². The lowest BCUT2D eigenvalue weighted by molar-refractivity contribution is 0.0788. The summed E-state index contributed by atoms with van der Waals surface area (Å²) in [6, 6.07) is 1.51. The van der Waals surface area contributed by atoms with Crippen molar-refractivity contribution in [2.75, 3.05) is 5.73 Å². The lowest BCUT2D eigenvalue weighted by Gasteiger charge is -2.38. The second kappa shape index (κ2) is 5.86. The fourth-order valence-electron chi connectivity index (χ4n) is 2.62. The van der Waals surface area contributed by atoms with E-state index < -0.39 is 26.6 Å². The molecule has 0 radical (unpaired) electrons. The van der Waals surface area contributed by atoms with Crippen molar-refractivity contribution in [2.45, 2.75) is 50.1 Å². The fourth-order valence-corrected chi connectivity index (χ4v) is 3.98. The van der Waals surface area contributed by atoms with E-state index in [0.717, 1.165) is 31.4 Å². The monoisotopic (exact) mass is 319 g/mol. The standard InChI is InChI=1S/C13H19F2N3O2S/c1-8-4-3-5-9(2)18(8)17-21(19,20)13-11(14)6-10(16)7-12(13)15/h6-9,17H,3-5,16H2,1-2H3. The molecule has 0 aromatic heterocycles. The first kappa shape index (κ1) is 16.1. The summed E-state index contributed by atoms with van der Waals surface area (Å²) in [5, 5.41) is 1.54. The second-order valence-electron chi connectivity index (χ2n) is 5.44. The smallest absolute Gasteiger partial charge is 0.259 e. The lowest BCUT2D eigenvalue weighted by atomic mass is 10.0. The number of anilines is 1. The van der Waals surface area contributed by atoms with Gasteiger partial charge >= 0.3 is 0 Å². The Hall–Kier alpha value is -1.25. The Labute approximate surface area is 123 Å². The normalized spacial score (nSPS) is 24.2. The molecule has 1 aliphatic rings. The maximum Gasteiger partial charge on any atom is 0.259 e. The highest BCUT2D eigenvalue weighted by atomic mass is 32.2. The van der Waals surface area contributed by atoms with Gasteiger partial charge in [0.05, 0.1) is 0 Å². The van der Waals surface area contributed by atoms with Crippen molar-refractivity contribution in [2.24, 2.45) is 0 Å². The van der Waals surface area contributed by atoms with E-state index in [9.17, 15) is 17.2 Å². The molecular formula is C13H19F2N3O2S. The third-order valence-electron chi connectivity index (χ3n) is 3.71. The van der Waals surface area contributed by atoms with Crippen molar-refractivity contribution in [1.29, 1.82) is 0 Å². The van der Waals surface area contributed by atoms with Gasteiger partial charge in [-0.05, 0) is 38.8 Å². The fraction of sp³-hybridized carbons (Fsp3) is 0.538. The van der Waals surface area contributed by atoms with Crippen LogP contribution in [0.25, 0.3) is 0 Å². The summed E-state index contributed by atoms with van der Waals surface area (Å²) in [5.74, 6) is -2.39. The molecule has 21 heavy (non-hydrogen) atoms. The van der Waals surface area contributed by atoms with Gasteiger partial charge in [-0.15, -0.1) is 4.83 Å². The third-order valence-corrected chi connectivity index (χ3v) is 5.09. The number of piperidine rings is 1. The van der Waals surface area contributed by atoms with Crippen LogP contribution in [-0.4, -0.2) is 25.5 Å². The molecule has 118 valence electrons. The SMILES string of the molecule is CC1CCCC(C)N1NS(=O)(=O)c1c(F)cc(N)cc1F. The molecule has 0 amide bonds. The van der Waals surface area contributed by atoms with Gasteiger partial charge in [0.25, 0.3) is 10.0 Å². The molecule has 1 heterocycles. The first-order valence-corrected chi connectivity index (χ1v) is 8.26. The molecule has 1 saturated heterocycles. The first-order valence-electron chi connectivity index (χ1n) is 6.77. The summed E-state index contributed by atoms with van der Waals surface area (Å²) in [4.78, 5) is 1.30. The van der Waals surface area contributed by atoms with Crippen LogP contribution in [0.15, 0.2) is 17.0 Å². The number of rotatable bonds is 3. The van der Waals surface area contributed by atoms with E-state index >= 15 is 0 Å². The summed E-state index contributed by atoms with van der Waals surface area (Å²) in [5.41, 5.74) is 5.13. The minimum absolute atomic E-state index is 0.0385. The zero-order valence-electron chi connectivity index (χ0n) is 11.9. The van der Waals surface area contributed by atoms with Gasteiger partial charge in [-0.3, -0.25) is 0 Å². The Morgan fingerprint density at radius 2 is 1.67 bits per heavy atom. The van der Waals surface area contributed by atoms with Crippen LogP contribution in [0, 0.1) is 11.6 Å². The van der Waals surface area contributed by atoms with Crippen LogP contribution in [0.4, 0.5) is 14.5 Å².